The molecular weight excluding hydrogens is 400 g/mol. The molecule has 31 heavy (non-hydrogen) atoms. The largest absolute Gasteiger partial charge is 0.493 e. The van der Waals surface area contributed by atoms with Crippen LogP contribution in [0.3, 0.4) is 0 Å². The van der Waals surface area contributed by atoms with E-state index in [-0.39, 0.29) is 6.42 Å². The molecule has 2 heterocycles. The number of nitrogens with one attached hydrogen (secondary N) is 2. The van der Waals surface area contributed by atoms with Gasteiger partial charge in [-0.05, 0) is 35.9 Å². The number of hydrogen-bond donors (Lipinski definition) is 2. The van der Waals surface area contributed by atoms with Crippen LogP contribution in [0.5, 0.6) is 11.5 Å². The van der Waals surface area contributed by atoms with Crippen molar-refractivity contribution in [2.75, 3.05) is 14.2 Å². The van der Waals surface area contributed by atoms with Gasteiger partial charge in [-0.15, -0.1) is 0 Å². The second-order valence-corrected chi connectivity index (χ2v) is 6.71. The molecule has 10 nitrogen and oxygen atoms in total. The summed E-state index contributed by atoms with van der Waals surface area (Å²) in [5, 5.41) is 8.10. The van der Waals surface area contributed by atoms with Gasteiger partial charge < -0.3 is 14.4 Å². The zero-order valence-electron chi connectivity index (χ0n) is 16.9. The van der Waals surface area contributed by atoms with Crippen LogP contribution in [0.25, 0.3) is 0 Å². The molecule has 0 radical (unpaired) electrons. The zero-order chi connectivity index (χ0) is 21.8. The maximum absolute atomic E-state index is 12.4. The number of amides is 2. The van der Waals surface area contributed by atoms with E-state index >= 15 is 0 Å². The Morgan fingerprint density at radius 1 is 1.23 bits per heavy atom. The summed E-state index contributed by atoms with van der Waals surface area (Å²) in [5.41, 5.74) is 7.17. The summed E-state index contributed by atoms with van der Waals surface area (Å²) in [4.78, 5) is 30.7. The number of amidine groups is 1. The molecule has 4 rings (SSSR count). The number of nitrogens with zero attached hydrogens (tertiary/aromatic N) is 4. The van der Waals surface area contributed by atoms with Crippen molar-refractivity contribution in [1.82, 2.24) is 15.8 Å². The third kappa shape index (κ3) is 4.08. The fourth-order valence-corrected chi connectivity index (χ4v) is 3.27. The summed E-state index contributed by atoms with van der Waals surface area (Å²) in [6.07, 6.45) is 2.87. The molecule has 158 valence electrons. The van der Waals surface area contributed by atoms with Crippen molar-refractivity contribution in [3.8, 4) is 11.5 Å². The molecule has 2 aliphatic heterocycles. The van der Waals surface area contributed by atoms with Crippen molar-refractivity contribution in [3.63, 3.8) is 0 Å². The highest BCUT2D eigenvalue weighted by Crippen LogP contribution is 2.28. The van der Waals surface area contributed by atoms with Gasteiger partial charge in [-0.25, -0.2) is 15.8 Å². The third-order valence-corrected chi connectivity index (χ3v) is 4.81. The van der Waals surface area contributed by atoms with Gasteiger partial charge in [-0.2, -0.15) is 10.2 Å². The van der Waals surface area contributed by atoms with E-state index in [1.165, 1.54) is 19.7 Å². The topological polar surface area (TPSA) is 117 Å². The Bertz CT molecular complexity index is 1110. The monoisotopic (exact) mass is 420 g/mol. The van der Waals surface area contributed by atoms with Crippen molar-refractivity contribution >= 4 is 35.9 Å². The van der Waals surface area contributed by atoms with E-state index < -0.39 is 17.9 Å². The predicted octanol–water partition coefficient (Wildman–Crippen LogP) is 1.38. The minimum Gasteiger partial charge on any atom is -0.493 e. The molecule has 0 bridgehead atoms. The van der Waals surface area contributed by atoms with Crippen LogP contribution in [-0.4, -0.2) is 55.4 Å². The second kappa shape index (κ2) is 8.66. The first-order valence-electron chi connectivity index (χ1n) is 9.44. The lowest BCUT2D eigenvalue weighted by Crippen LogP contribution is -2.55. The maximum atomic E-state index is 12.4. The zero-order valence-corrected chi connectivity index (χ0v) is 16.9. The molecule has 2 aliphatic rings. The quantitative estimate of drug-likeness (QED) is 0.541. The number of aliphatic imine (C=N–C) groups is 1. The molecule has 0 spiro atoms. The predicted molar refractivity (Wildman–Crippen MR) is 115 cm³/mol. The number of carbonyl (C=O) groups is 2. The number of rotatable bonds is 6. The van der Waals surface area contributed by atoms with Gasteiger partial charge in [0, 0.05) is 5.56 Å². The molecule has 0 aliphatic carbocycles. The van der Waals surface area contributed by atoms with Gasteiger partial charge in [-0.3, -0.25) is 9.59 Å². The summed E-state index contributed by atoms with van der Waals surface area (Å²) in [6, 6.07) is 11.9. The van der Waals surface area contributed by atoms with E-state index in [2.05, 4.69) is 26.0 Å². The molecule has 2 amide bonds. The minimum absolute atomic E-state index is 0.123. The lowest BCUT2D eigenvalue weighted by atomic mass is 10.1. The molecule has 0 fully saturated rings. The molecule has 2 aromatic rings. The normalized spacial score (nSPS) is 16.8. The standard InChI is InChI=1S/C21H20N6O4/c1-30-17-8-7-13(9-18(17)31-2)11-23-24-19(28)10-16-21(29)26-25-20-14-5-3-4-6-15(14)22-12-27(16)20/h3-9,11-12,16H,10H2,1-2H3,(H,24,28)(H,26,29). The smallest absolute Gasteiger partial charge is 0.263 e. The fourth-order valence-electron chi connectivity index (χ4n) is 3.27. The molecule has 10 heteroatoms. The molecule has 0 saturated carbocycles. The lowest BCUT2D eigenvalue weighted by molar-refractivity contribution is -0.130. The number of carbonyl (C=O) groups excluding carboxylic acids is 2. The number of benzene rings is 2. The second-order valence-electron chi connectivity index (χ2n) is 6.71. The summed E-state index contributed by atoms with van der Waals surface area (Å²) in [5.74, 6) is 0.859. The van der Waals surface area contributed by atoms with Crippen LogP contribution in [0, 0.1) is 0 Å². The Balaban J connectivity index is 1.42. The van der Waals surface area contributed by atoms with Crippen LogP contribution >= 0.6 is 0 Å². The first kappa shape index (κ1) is 20.1. The van der Waals surface area contributed by atoms with Crippen LogP contribution in [0.2, 0.25) is 0 Å². The minimum atomic E-state index is -0.791. The van der Waals surface area contributed by atoms with E-state index in [1.54, 1.807) is 30.2 Å². The molecule has 0 aromatic heterocycles. The van der Waals surface area contributed by atoms with Crippen molar-refractivity contribution in [2.24, 2.45) is 15.2 Å². The van der Waals surface area contributed by atoms with Gasteiger partial charge in [0.25, 0.3) is 5.91 Å². The van der Waals surface area contributed by atoms with E-state index in [9.17, 15) is 9.59 Å². The van der Waals surface area contributed by atoms with Gasteiger partial charge in [-0.1, -0.05) is 12.1 Å². The molecular formula is C21H20N6O4. The first-order chi connectivity index (χ1) is 15.1. The third-order valence-electron chi connectivity index (χ3n) is 4.81. The van der Waals surface area contributed by atoms with E-state index in [0.29, 0.717) is 22.9 Å². The Kier molecular flexibility index (Phi) is 5.61. The van der Waals surface area contributed by atoms with Crippen molar-refractivity contribution in [1.29, 1.82) is 0 Å². The summed E-state index contributed by atoms with van der Waals surface area (Å²) >= 11 is 0. The molecule has 2 aromatic carbocycles. The summed E-state index contributed by atoms with van der Waals surface area (Å²) in [6.45, 7) is 0. The van der Waals surface area contributed by atoms with Crippen LogP contribution in [0.4, 0.5) is 5.69 Å². The number of ether oxygens (including phenoxy) is 2. The highest BCUT2D eigenvalue weighted by molar-refractivity contribution is 6.14. The molecule has 0 saturated heterocycles. The number of hydrazone groups is 2. The molecule has 2 N–H and O–H groups in total. The van der Waals surface area contributed by atoms with Gasteiger partial charge in [0.1, 0.15) is 6.04 Å². The van der Waals surface area contributed by atoms with Gasteiger partial charge in [0.15, 0.2) is 17.3 Å². The lowest BCUT2D eigenvalue weighted by Gasteiger charge is -2.34. The van der Waals surface area contributed by atoms with E-state index in [1.807, 2.05) is 24.3 Å². The number of fused-ring (bicyclic) bond motifs is 3. The van der Waals surface area contributed by atoms with Gasteiger partial charge in [0.05, 0.1) is 38.9 Å². The Morgan fingerprint density at radius 2 is 2.03 bits per heavy atom. The Labute approximate surface area is 178 Å². The first-order valence-corrected chi connectivity index (χ1v) is 9.44. The SMILES string of the molecule is COc1ccc(C=NNC(=O)CC2C(=O)NN=C3c4ccccc4N=CN32)cc1OC. The number of methoxy groups -OCH3 is 2. The van der Waals surface area contributed by atoms with Crippen LogP contribution < -0.4 is 20.3 Å². The van der Waals surface area contributed by atoms with Crippen LogP contribution in [0.15, 0.2) is 57.7 Å². The Hall–Kier alpha value is -4.21. The number of para-hydroxylation sites is 1. The van der Waals surface area contributed by atoms with Crippen molar-refractivity contribution < 1.29 is 19.1 Å². The van der Waals surface area contributed by atoms with E-state index in [4.69, 9.17) is 9.47 Å². The summed E-state index contributed by atoms with van der Waals surface area (Å²) < 4.78 is 10.4. The fraction of sp³-hybridized carbons (Fsp3) is 0.190. The van der Waals surface area contributed by atoms with Crippen molar-refractivity contribution in [3.05, 3.63) is 53.6 Å². The van der Waals surface area contributed by atoms with E-state index in [0.717, 1.165) is 11.3 Å². The highest BCUT2D eigenvalue weighted by atomic mass is 16.5. The van der Waals surface area contributed by atoms with Gasteiger partial charge >= 0.3 is 0 Å². The Morgan fingerprint density at radius 3 is 2.84 bits per heavy atom. The molecule has 1 unspecified atom stereocenters. The van der Waals surface area contributed by atoms with Crippen molar-refractivity contribution in [2.45, 2.75) is 12.5 Å². The number of hydrogen-bond acceptors (Lipinski definition) is 8. The van der Waals surface area contributed by atoms with Crippen LogP contribution in [0.1, 0.15) is 17.5 Å². The van der Waals surface area contributed by atoms with Crippen LogP contribution in [-0.2, 0) is 9.59 Å². The van der Waals surface area contributed by atoms with Gasteiger partial charge in [0.2, 0.25) is 5.91 Å². The average Bonchev–Trinajstić information content (AvgIpc) is 2.80. The highest BCUT2D eigenvalue weighted by Gasteiger charge is 2.36. The summed E-state index contributed by atoms with van der Waals surface area (Å²) in [7, 11) is 3.09. The average molecular weight is 420 g/mol. The molecule has 1 atom stereocenters. The maximum Gasteiger partial charge on any atom is 0.263 e.